The lowest BCUT2D eigenvalue weighted by Crippen LogP contribution is -2.05. The molecule has 4 rings (SSSR count). The molecule has 0 amide bonds. The smallest absolute Gasteiger partial charge is 0.338 e. The fourth-order valence-electron chi connectivity index (χ4n) is 3.42. The third-order valence-corrected chi connectivity index (χ3v) is 5.44. The van der Waals surface area contributed by atoms with Gasteiger partial charge in [0.1, 0.15) is 12.4 Å². The van der Waals surface area contributed by atoms with Crippen LogP contribution in [0, 0.1) is 0 Å². The normalized spacial score (nSPS) is 10.8. The van der Waals surface area contributed by atoms with Gasteiger partial charge in [0.15, 0.2) is 0 Å². The van der Waals surface area contributed by atoms with E-state index in [0.717, 1.165) is 16.5 Å². The van der Waals surface area contributed by atoms with E-state index in [2.05, 4.69) is 0 Å². The molecule has 2 N–H and O–H groups in total. The lowest BCUT2D eigenvalue weighted by atomic mass is 9.98. The first kappa shape index (κ1) is 21.4. The zero-order valence-electron chi connectivity index (χ0n) is 16.9. The fraction of sp³-hybridized carbons (Fsp3) is 0.0769. The summed E-state index contributed by atoms with van der Waals surface area (Å²) in [5.41, 5.74) is 2.90. The van der Waals surface area contributed by atoms with Crippen LogP contribution < -0.4 is 0 Å². The summed E-state index contributed by atoms with van der Waals surface area (Å²) in [5.74, 6) is -1.39. The van der Waals surface area contributed by atoms with Crippen molar-refractivity contribution in [2.24, 2.45) is 0 Å². The predicted molar refractivity (Wildman–Crippen MR) is 122 cm³/mol. The second kappa shape index (κ2) is 9.12. The number of carboxylic acids is 1. The summed E-state index contributed by atoms with van der Waals surface area (Å²) in [5, 5.41) is 21.8. The van der Waals surface area contributed by atoms with Crippen LogP contribution in [-0.2, 0) is 17.8 Å². The van der Waals surface area contributed by atoms with Gasteiger partial charge in [0.25, 0.3) is 0 Å². The number of carbonyl (C=O) groups excluding carboxylic acids is 1. The van der Waals surface area contributed by atoms with Gasteiger partial charge in [0, 0.05) is 16.8 Å². The number of hydrogen-bond acceptors (Lipinski definition) is 4. The van der Waals surface area contributed by atoms with E-state index in [-0.39, 0.29) is 17.9 Å². The Labute approximate surface area is 189 Å². The summed E-state index contributed by atoms with van der Waals surface area (Å²) in [6, 6.07) is 22.3. The van der Waals surface area contributed by atoms with Crippen LogP contribution in [0.3, 0.4) is 0 Å². The van der Waals surface area contributed by atoms with Crippen LogP contribution in [-0.4, -0.2) is 22.2 Å². The molecule has 0 unspecified atom stereocenters. The largest absolute Gasteiger partial charge is 0.507 e. The standard InChI is InChI=1S/C26H19ClO5/c27-22-11-3-17(4-12-22)15-32-26(31)21-10-8-18-7-9-20(24(28)23(18)14-21)13-16-1-5-19(6-2-16)25(29)30/h1-12,14,28H,13,15H2,(H,29,30). The molecule has 0 aromatic heterocycles. The molecular weight excluding hydrogens is 428 g/mol. The van der Waals surface area contributed by atoms with Gasteiger partial charge >= 0.3 is 11.9 Å². The van der Waals surface area contributed by atoms with Crippen LogP contribution in [0.15, 0.2) is 78.9 Å². The van der Waals surface area contributed by atoms with Crippen molar-refractivity contribution in [1.29, 1.82) is 0 Å². The lowest BCUT2D eigenvalue weighted by molar-refractivity contribution is 0.0472. The molecule has 0 aliphatic heterocycles. The van der Waals surface area contributed by atoms with Crippen molar-refractivity contribution in [3.05, 3.63) is 112 Å². The number of hydrogen-bond donors (Lipinski definition) is 2. The molecule has 0 fully saturated rings. The maximum absolute atomic E-state index is 12.5. The summed E-state index contributed by atoms with van der Waals surface area (Å²) in [6.45, 7) is 0.117. The zero-order chi connectivity index (χ0) is 22.7. The molecule has 5 nitrogen and oxygen atoms in total. The molecule has 0 atom stereocenters. The Hall–Kier alpha value is -3.83. The Kier molecular flexibility index (Phi) is 6.10. The number of carboxylic acid groups (broad SMARTS) is 1. The summed E-state index contributed by atoms with van der Waals surface area (Å²) in [6.07, 6.45) is 0.424. The Morgan fingerprint density at radius 1 is 0.812 bits per heavy atom. The Morgan fingerprint density at radius 3 is 2.12 bits per heavy atom. The van der Waals surface area contributed by atoms with Gasteiger partial charge in [-0.25, -0.2) is 9.59 Å². The van der Waals surface area contributed by atoms with Crippen molar-refractivity contribution in [2.45, 2.75) is 13.0 Å². The number of ether oxygens (including phenoxy) is 1. The average Bonchev–Trinajstić information content (AvgIpc) is 2.80. The minimum Gasteiger partial charge on any atom is -0.507 e. The Balaban J connectivity index is 1.54. The third-order valence-electron chi connectivity index (χ3n) is 5.19. The van der Waals surface area contributed by atoms with Gasteiger partial charge in [-0.3, -0.25) is 0 Å². The maximum atomic E-state index is 12.5. The molecule has 0 heterocycles. The van der Waals surface area contributed by atoms with Crippen molar-refractivity contribution in [2.75, 3.05) is 0 Å². The molecule has 0 aliphatic rings. The Morgan fingerprint density at radius 2 is 1.44 bits per heavy atom. The van der Waals surface area contributed by atoms with Crippen molar-refractivity contribution in [3.8, 4) is 5.75 Å². The van der Waals surface area contributed by atoms with Crippen LogP contribution in [0.5, 0.6) is 5.75 Å². The third kappa shape index (κ3) is 4.74. The van der Waals surface area contributed by atoms with E-state index in [1.807, 2.05) is 12.1 Å². The molecule has 0 aliphatic carbocycles. The van der Waals surface area contributed by atoms with Crippen molar-refractivity contribution in [3.63, 3.8) is 0 Å². The van der Waals surface area contributed by atoms with E-state index in [0.29, 0.717) is 28.0 Å². The number of fused-ring (bicyclic) bond motifs is 1. The number of carbonyl (C=O) groups is 2. The number of rotatable bonds is 6. The van der Waals surface area contributed by atoms with E-state index in [1.54, 1.807) is 54.6 Å². The number of phenols is 1. The highest BCUT2D eigenvalue weighted by Crippen LogP contribution is 2.31. The molecule has 0 saturated carbocycles. The lowest BCUT2D eigenvalue weighted by Gasteiger charge is -2.10. The van der Waals surface area contributed by atoms with Gasteiger partial charge in [-0.05, 0) is 58.5 Å². The van der Waals surface area contributed by atoms with E-state index < -0.39 is 11.9 Å². The molecule has 0 radical (unpaired) electrons. The van der Waals surface area contributed by atoms with E-state index in [1.165, 1.54) is 12.1 Å². The van der Waals surface area contributed by atoms with Crippen molar-refractivity contribution in [1.82, 2.24) is 0 Å². The highest BCUT2D eigenvalue weighted by molar-refractivity contribution is 6.30. The molecule has 160 valence electrons. The van der Waals surface area contributed by atoms with Crippen molar-refractivity contribution < 1.29 is 24.5 Å². The van der Waals surface area contributed by atoms with Crippen LogP contribution in [0.4, 0.5) is 0 Å². The molecule has 6 heteroatoms. The van der Waals surface area contributed by atoms with E-state index in [9.17, 15) is 14.7 Å². The molecular formula is C26H19ClO5. The Bertz CT molecular complexity index is 1290. The first-order chi connectivity index (χ1) is 15.4. The van der Waals surface area contributed by atoms with Crippen LogP contribution in [0.2, 0.25) is 5.02 Å². The minimum atomic E-state index is -0.986. The summed E-state index contributed by atoms with van der Waals surface area (Å²) in [7, 11) is 0. The van der Waals surface area contributed by atoms with Crippen molar-refractivity contribution >= 4 is 34.3 Å². The van der Waals surface area contributed by atoms with Gasteiger partial charge in [0.05, 0.1) is 11.1 Å². The topological polar surface area (TPSA) is 83.8 Å². The van der Waals surface area contributed by atoms with Crippen LogP contribution in [0.25, 0.3) is 10.8 Å². The number of halogens is 1. The summed E-state index contributed by atoms with van der Waals surface area (Å²) in [4.78, 5) is 23.5. The first-order valence-electron chi connectivity index (χ1n) is 9.89. The van der Waals surface area contributed by atoms with Gasteiger partial charge in [-0.1, -0.05) is 54.1 Å². The fourth-order valence-corrected chi connectivity index (χ4v) is 3.54. The van der Waals surface area contributed by atoms with E-state index >= 15 is 0 Å². The monoisotopic (exact) mass is 446 g/mol. The zero-order valence-corrected chi connectivity index (χ0v) is 17.7. The number of esters is 1. The number of phenolic OH excluding ortho intramolecular Hbond substituents is 1. The number of aromatic carboxylic acids is 1. The molecule has 4 aromatic rings. The highest BCUT2D eigenvalue weighted by atomic mass is 35.5. The molecule has 4 aromatic carbocycles. The SMILES string of the molecule is O=C(O)c1ccc(Cc2ccc3ccc(C(=O)OCc4ccc(Cl)cc4)cc3c2O)cc1. The first-order valence-corrected chi connectivity index (χ1v) is 10.3. The summed E-state index contributed by atoms with van der Waals surface area (Å²) < 4.78 is 5.39. The maximum Gasteiger partial charge on any atom is 0.338 e. The van der Waals surface area contributed by atoms with Crippen LogP contribution >= 0.6 is 11.6 Å². The second-order valence-corrected chi connectivity index (χ2v) is 7.83. The summed E-state index contributed by atoms with van der Waals surface area (Å²) >= 11 is 5.87. The minimum absolute atomic E-state index is 0.0807. The predicted octanol–water partition coefficient (Wildman–Crippen LogP) is 5.84. The molecule has 0 saturated heterocycles. The van der Waals surface area contributed by atoms with Gasteiger partial charge in [-0.15, -0.1) is 0 Å². The molecule has 32 heavy (non-hydrogen) atoms. The van der Waals surface area contributed by atoms with Gasteiger partial charge in [0.2, 0.25) is 0 Å². The average molecular weight is 447 g/mol. The van der Waals surface area contributed by atoms with E-state index in [4.69, 9.17) is 21.4 Å². The van der Waals surface area contributed by atoms with Gasteiger partial charge in [-0.2, -0.15) is 0 Å². The number of aromatic hydroxyl groups is 1. The quantitative estimate of drug-likeness (QED) is 0.363. The second-order valence-electron chi connectivity index (χ2n) is 7.39. The number of benzene rings is 4. The van der Waals surface area contributed by atoms with Gasteiger partial charge < -0.3 is 14.9 Å². The molecule has 0 spiro atoms. The highest BCUT2D eigenvalue weighted by Gasteiger charge is 2.13. The van der Waals surface area contributed by atoms with Crippen LogP contribution in [0.1, 0.15) is 37.4 Å². The molecule has 0 bridgehead atoms.